The zero-order valence-corrected chi connectivity index (χ0v) is 53.3. The molecular weight excluding hydrogens is 1140 g/mol. The monoisotopic (exact) mass is 1250 g/mol. The normalized spacial score (nSPS) is 14.7. The molecule has 0 aromatic heterocycles. The standard InChI is InChI=1S/C63H107N15O11/c1-39(2)51(61(86)75-50(63(88)89)38-43-25-11-8-12-26-43)77-59(84)49(31-17-22-36-68)73-57(82)47(29-15-20-34-66)71-55(80)45(27-13-18-32-64)70-56(81)46(28-14-19-33-65)72-58(83)48(30-16-21-35-67)74-60(85)52(40(3)4)78-62(87)53(41(5)6)76-54(79)44(69)37-42-23-9-7-10-24-42/h7-12,23-26,39-41,44-53H,13-22,27-38,64-69H2,1-6H3,(H,70,81)(H,71,80)(H,72,83)(H,73,82)(H,74,85)(H,75,86)(H,76,79)(H,77,84)(H,78,87)(H,88,89)/t44-,45-,46-,47-,48-,49-,50-,51-,52-,53-/m0/s1. The van der Waals surface area contributed by atoms with E-state index in [-0.39, 0.29) is 77.7 Å². The number of nitrogens with one attached hydrogen (secondary N) is 9. The molecule has 26 nitrogen and oxygen atoms in total. The molecule has 0 aliphatic carbocycles. The van der Waals surface area contributed by atoms with Gasteiger partial charge in [0.1, 0.15) is 54.4 Å². The molecule has 22 N–H and O–H groups in total. The minimum Gasteiger partial charge on any atom is -0.480 e. The highest BCUT2D eigenvalue weighted by Gasteiger charge is 2.37. The maximum atomic E-state index is 14.6. The molecule has 2 rings (SSSR count). The zero-order valence-electron chi connectivity index (χ0n) is 53.3. The van der Waals surface area contributed by atoms with E-state index in [1.54, 1.807) is 71.9 Å². The van der Waals surface area contributed by atoms with Gasteiger partial charge in [-0.2, -0.15) is 0 Å². The second-order valence-electron chi connectivity index (χ2n) is 23.8. The fraction of sp³-hybridized carbons (Fsp3) is 0.651. The van der Waals surface area contributed by atoms with Gasteiger partial charge in [-0.05, 0) is 164 Å². The van der Waals surface area contributed by atoms with E-state index in [1.807, 2.05) is 30.3 Å². The number of hydrogen-bond acceptors (Lipinski definition) is 16. The SMILES string of the molecule is CC(C)[C@H](NC(=O)[C@H](CCCCN)NC(=O)[C@H](CCCCN)NC(=O)[C@H](CCCCN)NC(=O)[C@H](CCCCN)NC(=O)[C@H](CCCCN)NC(=O)[C@@H](NC(=O)[C@@H](NC(=O)[C@@H](N)Cc1ccccc1)C(C)C)C(C)C)C(=O)N[C@@H](Cc1ccccc1)C(=O)O. The van der Waals surface area contributed by atoms with Crippen molar-refractivity contribution in [1.82, 2.24) is 47.9 Å². The second-order valence-corrected chi connectivity index (χ2v) is 23.8. The Morgan fingerprint density at radius 2 is 0.562 bits per heavy atom. The van der Waals surface area contributed by atoms with Crippen LogP contribution in [0.5, 0.6) is 0 Å². The molecule has 0 saturated carbocycles. The Balaban J connectivity index is 2.44. The molecule has 2 aromatic carbocycles. The summed E-state index contributed by atoms with van der Waals surface area (Å²) >= 11 is 0. The van der Waals surface area contributed by atoms with Gasteiger partial charge in [-0.1, -0.05) is 102 Å². The van der Waals surface area contributed by atoms with Crippen LogP contribution < -0.4 is 82.3 Å². The van der Waals surface area contributed by atoms with E-state index in [4.69, 9.17) is 34.4 Å². The third-order valence-electron chi connectivity index (χ3n) is 15.2. The summed E-state index contributed by atoms with van der Waals surface area (Å²) in [5.41, 5.74) is 37.0. The van der Waals surface area contributed by atoms with Crippen molar-refractivity contribution in [2.24, 2.45) is 52.2 Å². The molecule has 0 bridgehead atoms. The molecule has 9 amide bonds. The van der Waals surface area contributed by atoms with E-state index < -0.39 is 137 Å². The van der Waals surface area contributed by atoms with Crippen LogP contribution in [0, 0.1) is 17.8 Å². The van der Waals surface area contributed by atoms with Crippen LogP contribution in [-0.2, 0) is 60.8 Å². The second kappa shape index (κ2) is 43.5. The molecule has 0 radical (unpaired) electrons. The molecular formula is C63H107N15O11. The molecule has 2 aromatic rings. The smallest absolute Gasteiger partial charge is 0.326 e. The molecule has 26 heteroatoms. The van der Waals surface area contributed by atoms with E-state index in [0.29, 0.717) is 69.8 Å². The van der Waals surface area contributed by atoms with E-state index in [9.17, 15) is 53.1 Å². The first-order valence-corrected chi connectivity index (χ1v) is 31.7. The van der Waals surface area contributed by atoms with Gasteiger partial charge in [0, 0.05) is 6.42 Å². The predicted molar refractivity (Wildman–Crippen MR) is 342 cm³/mol. The van der Waals surface area contributed by atoms with Crippen LogP contribution in [0.1, 0.15) is 149 Å². The van der Waals surface area contributed by atoms with Gasteiger partial charge in [0.15, 0.2) is 0 Å². The third-order valence-corrected chi connectivity index (χ3v) is 15.2. The molecule has 10 atom stereocenters. The summed E-state index contributed by atoms with van der Waals surface area (Å²) in [7, 11) is 0. The molecule has 89 heavy (non-hydrogen) atoms. The van der Waals surface area contributed by atoms with Crippen LogP contribution >= 0.6 is 0 Å². The summed E-state index contributed by atoms with van der Waals surface area (Å²) in [5.74, 6) is -9.03. The number of amides is 9. The molecule has 0 spiro atoms. The maximum Gasteiger partial charge on any atom is 0.326 e. The molecule has 0 aliphatic rings. The van der Waals surface area contributed by atoms with Gasteiger partial charge in [0.2, 0.25) is 53.2 Å². The number of carbonyl (C=O) groups is 10. The average Bonchev–Trinajstić information content (AvgIpc) is 3.70. The Morgan fingerprint density at radius 3 is 0.843 bits per heavy atom. The highest BCUT2D eigenvalue weighted by molar-refractivity contribution is 5.98. The topological polar surface area (TPSA) is 455 Å². The van der Waals surface area contributed by atoms with Crippen molar-refractivity contribution in [2.75, 3.05) is 32.7 Å². The van der Waals surface area contributed by atoms with Gasteiger partial charge in [-0.25, -0.2) is 4.79 Å². The van der Waals surface area contributed by atoms with Gasteiger partial charge >= 0.3 is 5.97 Å². The van der Waals surface area contributed by atoms with E-state index in [1.165, 1.54) is 0 Å². The summed E-state index contributed by atoms with van der Waals surface area (Å²) < 4.78 is 0. The summed E-state index contributed by atoms with van der Waals surface area (Å²) in [6.07, 6.45) is 4.88. The van der Waals surface area contributed by atoms with Crippen LogP contribution in [0.25, 0.3) is 0 Å². The summed E-state index contributed by atoms with van der Waals surface area (Å²) in [5, 5.41) is 34.8. The van der Waals surface area contributed by atoms with Crippen molar-refractivity contribution < 1.29 is 53.1 Å². The molecule has 500 valence electrons. The third kappa shape index (κ3) is 29.8. The summed E-state index contributed by atoms with van der Waals surface area (Å²) in [6, 6.07) is 5.92. The lowest BCUT2D eigenvalue weighted by atomic mass is 9.98. The lowest BCUT2D eigenvalue weighted by Gasteiger charge is -2.30. The lowest BCUT2D eigenvalue weighted by Crippen LogP contribution is -2.61. The Bertz CT molecular complexity index is 2470. The van der Waals surface area contributed by atoms with Crippen LogP contribution in [0.3, 0.4) is 0 Å². The van der Waals surface area contributed by atoms with Crippen LogP contribution in [0.15, 0.2) is 60.7 Å². The Hall–Kier alpha value is -7.10. The van der Waals surface area contributed by atoms with Crippen molar-refractivity contribution in [1.29, 1.82) is 0 Å². The minimum absolute atomic E-state index is 0.0147. The minimum atomic E-state index is -1.31. The van der Waals surface area contributed by atoms with Crippen molar-refractivity contribution in [2.45, 2.75) is 211 Å². The van der Waals surface area contributed by atoms with E-state index >= 15 is 0 Å². The van der Waals surface area contributed by atoms with Crippen molar-refractivity contribution in [3.63, 3.8) is 0 Å². The quantitative estimate of drug-likeness (QED) is 0.0384. The maximum absolute atomic E-state index is 14.6. The van der Waals surface area contributed by atoms with Gasteiger partial charge in [0.05, 0.1) is 6.04 Å². The van der Waals surface area contributed by atoms with Crippen LogP contribution in [0.2, 0.25) is 0 Å². The van der Waals surface area contributed by atoms with Crippen LogP contribution in [0.4, 0.5) is 0 Å². The Kier molecular flexibility index (Phi) is 38.2. The van der Waals surface area contributed by atoms with Gasteiger partial charge in [0.25, 0.3) is 0 Å². The van der Waals surface area contributed by atoms with E-state index in [0.717, 1.165) is 5.56 Å². The fourth-order valence-corrected chi connectivity index (χ4v) is 9.79. The first kappa shape index (κ1) is 78.0. The van der Waals surface area contributed by atoms with Crippen molar-refractivity contribution >= 4 is 59.1 Å². The number of aliphatic carboxylic acids is 1. The lowest BCUT2D eigenvalue weighted by molar-refractivity contribution is -0.142. The average molecular weight is 1250 g/mol. The number of carbonyl (C=O) groups excluding carboxylic acids is 9. The van der Waals surface area contributed by atoms with Gasteiger partial charge < -0.3 is 87.4 Å². The number of hydrogen-bond donors (Lipinski definition) is 16. The van der Waals surface area contributed by atoms with Crippen LogP contribution in [-0.4, -0.2) is 157 Å². The Morgan fingerprint density at radius 1 is 0.326 bits per heavy atom. The fourth-order valence-electron chi connectivity index (χ4n) is 9.79. The predicted octanol–water partition coefficient (Wildman–Crippen LogP) is -0.140. The molecule has 0 aliphatic heterocycles. The summed E-state index contributed by atoms with van der Waals surface area (Å²) in [6.45, 7) is 11.6. The molecule has 0 heterocycles. The highest BCUT2D eigenvalue weighted by Crippen LogP contribution is 2.15. The number of rotatable bonds is 46. The molecule has 0 saturated heterocycles. The summed E-state index contributed by atoms with van der Waals surface area (Å²) in [4.78, 5) is 140. The number of nitrogens with two attached hydrogens (primary N) is 6. The number of unbranched alkanes of at least 4 members (excludes halogenated alkanes) is 5. The largest absolute Gasteiger partial charge is 0.480 e. The number of carboxylic acids is 1. The number of benzene rings is 2. The van der Waals surface area contributed by atoms with Gasteiger partial charge in [-0.15, -0.1) is 0 Å². The van der Waals surface area contributed by atoms with Crippen molar-refractivity contribution in [3.05, 3.63) is 71.8 Å². The number of carboxylic acid groups (broad SMARTS) is 1. The van der Waals surface area contributed by atoms with Crippen molar-refractivity contribution in [3.8, 4) is 0 Å². The zero-order chi connectivity index (χ0) is 66.4. The molecule has 0 unspecified atom stereocenters. The highest BCUT2D eigenvalue weighted by atomic mass is 16.4. The Labute approximate surface area is 525 Å². The van der Waals surface area contributed by atoms with E-state index in [2.05, 4.69) is 47.9 Å². The first-order valence-electron chi connectivity index (χ1n) is 31.7. The first-order chi connectivity index (χ1) is 42.4. The van der Waals surface area contributed by atoms with Gasteiger partial charge in [-0.3, -0.25) is 43.2 Å². The molecule has 0 fully saturated rings.